The van der Waals surface area contributed by atoms with Crippen molar-refractivity contribution in [1.82, 2.24) is 14.7 Å². The Bertz CT molecular complexity index is 609. The lowest BCUT2D eigenvalue weighted by atomic mass is 10.1. The zero-order chi connectivity index (χ0) is 15.2. The molecular weight excluding hydrogens is 332 g/mol. The van der Waals surface area contributed by atoms with E-state index in [2.05, 4.69) is 31.2 Å². The van der Waals surface area contributed by atoms with Crippen LogP contribution in [-0.2, 0) is 17.8 Å². The summed E-state index contributed by atoms with van der Waals surface area (Å²) < 4.78 is 2.80. The predicted molar refractivity (Wildman–Crippen MR) is 87.3 cm³/mol. The third-order valence-electron chi connectivity index (χ3n) is 2.94. The first kappa shape index (κ1) is 15.7. The number of aromatic nitrogens is 2. The van der Waals surface area contributed by atoms with E-state index < -0.39 is 0 Å². The zero-order valence-corrected chi connectivity index (χ0v) is 13.8. The minimum Gasteiger partial charge on any atom is -0.309 e. The zero-order valence-electron chi connectivity index (χ0n) is 12.2. The molecule has 0 aliphatic rings. The van der Waals surface area contributed by atoms with E-state index in [4.69, 9.17) is 0 Å². The molecule has 0 radical (unpaired) electrons. The summed E-state index contributed by atoms with van der Waals surface area (Å²) in [6.07, 6.45) is 2.21. The van der Waals surface area contributed by atoms with Crippen LogP contribution in [0.1, 0.15) is 5.56 Å². The number of hydrogen-bond donors (Lipinski definition) is 1. The van der Waals surface area contributed by atoms with Gasteiger partial charge in [-0.05, 0) is 31.8 Å². The second-order valence-corrected chi connectivity index (χ2v) is 6.04. The third-order valence-corrected chi connectivity index (χ3v) is 3.43. The Kier molecular flexibility index (Phi) is 5.52. The molecule has 0 bridgehead atoms. The van der Waals surface area contributed by atoms with Crippen molar-refractivity contribution in [1.29, 1.82) is 0 Å². The molecule has 0 fully saturated rings. The van der Waals surface area contributed by atoms with E-state index in [9.17, 15) is 4.79 Å². The molecule has 0 unspecified atom stereocenters. The van der Waals surface area contributed by atoms with Gasteiger partial charge in [0.15, 0.2) is 5.82 Å². The number of anilines is 1. The number of carbonyl (C=O) groups is 1. The number of nitrogens with zero attached hydrogens (tertiary/aromatic N) is 3. The van der Waals surface area contributed by atoms with Crippen molar-refractivity contribution >= 4 is 27.7 Å². The van der Waals surface area contributed by atoms with Gasteiger partial charge in [0, 0.05) is 23.3 Å². The number of benzene rings is 1. The first-order chi connectivity index (χ1) is 10.0. The smallest absolute Gasteiger partial charge is 0.229 e. The van der Waals surface area contributed by atoms with Crippen LogP contribution in [0.3, 0.4) is 0 Å². The lowest BCUT2D eigenvalue weighted by Crippen LogP contribution is -2.19. The highest BCUT2D eigenvalue weighted by molar-refractivity contribution is 9.10. The highest BCUT2D eigenvalue weighted by Crippen LogP contribution is 2.12. The molecule has 1 N–H and O–H groups in total. The number of nitrogens with one attached hydrogen (secondary N) is 1. The Morgan fingerprint density at radius 3 is 2.90 bits per heavy atom. The molecule has 2 rings (SSSR count). The van der Waals surface area contributed by atoms with Crippen LogP contribution >= 0.6 is 15.9 Å². The van der Waals surface area contributed by atoms with Crippen molar-refractivity contribution in [3.8, 4) is 0 Å². The van der Waals surface area contributed by atoms with Crippen molar-refractivity contribution < 1.29 is 4.79 Å². The van der Waals surface area contributed by atoms with Crippen LogP contribution in [-0.4, -0.2) is 41.2 Å². The van der Waals surface area contributed by atoms with Crippen LogP contribution in [0.4, 0.5) is 5.82 Å². The van der Waals surface area contributed by atoms with E-state index >= 15 is 0 Å². The van der Waals surface area contributed by atoms with Gasteiger partial charge in [-0.15, -0.1) is 0 Å². The summed E-state index contributed by atoms with van der Waals surface area (Å²) in [6.45, 7) is 1.71. The van der Waals surface area contributed by atoms with Crippen LogP contribution in [0.15, 0.2) is 41.0 Å². The summed E-state index contributed by atoms with van der Waals surface area (Å²) in [5, 5.41) is 7.15. The summed E-state index contributed by atoms with van der Waals surface area (Å²) >= 11 is 3.40. The van der Waals surface area contributed by atoms with E-state index in [1.54, 1.807) is 0 Å². The second kappa shape index (κ2) is 7.38. The number of halogens is 1. The average molecular weight is 351 g/mol. The van der Waals surface area contributed by atoms with Crippen LogP contribution in [0.5, 0.6) is 0 Å². The molecule has 112 valence electrons. The van der Waals surface area contributed by atoms with Gasteiger partial charge in [-0.1, -0.05) is 28.1 Å². The van der Waals surface area contributed by atoms with Gasteiger partial charge in [-0.2, -0.15) is 5.10 Å². The van der Waals surface area contributed by atoms with E-state index in [1.807, 2.05) is 55.3 Å². The highest BCUT2D eigenvalue weighted by atomic mass is 79.9. The van der Waals surface area contributed by atoms with Gasteiger partial charge in [-0.25, -0.2) is 0 Å². The predicted octanol–water partition coefficient (Wildman–Crippen LogP) is 2.39. The van der Waals surface area contributed by atoms with Crippen molar-refractivity contribution in [2.24, 2.45) is 0 Å². The fraction of sp³-hybridized carbons (Fsp3) is 0.333. The Morgan fingerprint density at radius 2 is 2.19 bits per heavy atom. The van der Waals surface area contributed by atoms with E-state index in [0.717, 1.165) is 23.1 Å². The molecule has 0 saturated heterocycles. The van der Waals surface area contributed by atoms with Gasteiger partial charge in [0.1, 0.15) is 0 Å². The molecule has 1 aromatic heterocycles. The maximum absolute atomic E-state index is 12.0. The SMILES string of the molecule is CN(C)CCn1ccc(NC(=O)Cc2cccc(Br)c2)n1. The maximum atomic E-state index is 12.0. The first-order valence-corrected chi connectivity index (χ1v) is 7.55. The Labute approximate surface area is 133 Å². The van der Waals surface area contributed by atoms with Gasteiger partial charge >= 0.3 is 0 Å². The van der Waals surface area contributed by atoms with Gasteiger partial charge < -0.3 is 10.2 Å². The van der Waals surface area contributed by atoms with Gasteiger partial charge in [0.25, 0.3) is 0 Å². The van der Waals surface area contributed by atoms with E-state index in [-0.39, 0.29) is 5.91 Å². The number of carbonyl (C=O) groups excluding carboxylic acids is 1. The summed E-state index contributed by atoms with van der Waals surface area (Å²) in [5.74, 6) is 0.528. The summed E-state index contributed by atoms with van der Waals surface area (Å²) in [4.78, 5) is 14.1. The van der Waals surface area contributed by atoms with Crippen molar-refractivity contribution in [3.63, 3.8) is 0 Å². The van der Waals surface area contributed by atoms with Crippen LogP contribution in [0.25, 0.3) is 0 Å². The second-order valence-electron chi connectivity index (χ2n) is 5.12. The average Bonchev–Trinajstić information content (AvgIpc) is 2.83. The minimum atomic E-state index is -0.0639. The van der Waals surface area contributed by atoms with Gasteiger partial charge in [0.2, 0.25) is 5.91 Å². The fourth-order valence-electron chi connectivity index (χ4n) is 1.87. The van der Waals surface area contributed by atoms with Gasteiger partial charge in [-0.3, -0.25) is 9.48 Å². The molecular formula is C15H19BrN4O. The molecule has 0 aliphatic heterocycles. The van der Waals surface area contributed by atoms with Crippen molar-refractivity contribution in [2.45, 2.75) is 13.0 Å². The molecule has 0 aliphatic carbocycles. The molecule has 5 nitrogen and oxygen atoms in total. The Hall–Kier alpha value is -1.66. The third kappa shape index (κ3) is 5.32. The maximum Gasteiger partial charge on any atom is 0.229 e. The normalized spacial score (nSPS) is 10.9. The summed E-state index contributed by atoms with van der Waals surface area (Å²) in [7, 11) is 4.04. The quantitative estimate of drug-likeness (QED) is 0.870. The molecule has 6 heteroatoms. The fourth-order valence-corrected chi connectivity index (χ4v) is 2.32. The molecule has 1 aromatic carbocycles. The highest BCUT2D eigenvalue weighted by Gasteiger charge is 2.07. The largest absolute Gasteiger partial charge is 0.309 e. The lowest BCUT2D eigenvalue weighted by Gasteiger charge is -2.08. The van der Waals surface area contributed by atoms with Crippen LogP contribution < -0.4 is 5.32 Å². The van der Waals surface area contributed by atoms with Crippen molar-refractivity contribution in [3.05, 3.63) is 46.6 Å². The first-order valence-electron chi connectivity index (χ1n) is 6.75. The van der Waals surface area contributed by atoms with E-state index in [1.165, 1.54) is 0 Å². The standard InChI is InChI=1S/C15H19BrN4O/c1-19(2)8-9-20-7-6-14(18-20)17-15(21)11-12-4-3-5-13(16)10-12/h3-7,10H,8-9,11H2,1-2H3,(H,17,18,21). The summed E-state index contributed by atoms with van der Waals surface area (Å²) in [5.41, 5.74) is 0.967. The molecule has 2 aromatic rings. The van der Waals surface area contributed by atoms with Gasteiger partial charge in [0.05, 0.1) is 13.0 Å². The Morgan fingerprint density at radius 1 is 1.38 bits per heavy atom. The van der Waals surface area contributed by atoms with Crippen LogP contribution in [0.2, 0.25) is 0 Å². The Balaban J connectivity index is 1.88. The monoisotopic (exact) mass is 350 g/mol. The molecule has 21 heavy (non-hydrogen) atoms. The molecule has 0 spiro atoms. The number of likely N-dealkylation sites (N-methyl/N-ethyl adjacent to an activating group) is 1. The molecule has 1 amide bonds. The van der Waals surface area contributed by atoms with Crippen molar-refractivity contribution in [2.75, 3.05) is 26.0 Å². The summed E-state index contributed by atoms with van der Waals surface area (Å²) in [6, 6.07) is 9.54. The number of rotatable bonds is 6. The van der Waals surface area contributed by atoms with E-state index in [0.29, 0.717) is 12.2 Å². The molecule has 0 saturated carbocycles. The minimum absolute atomic E-state index is 0.0639. The topological polar surface area (TPSA) is 50.2 Å². The number of amides is 1. The molecule has 1 heterocycles. The lowest BCUT2D eigenvalue weighted by molar-refractivity contribution is -0.115. The van der Waals surface area contributed by atoms with Crippen LogP contribution in [0, 0.1) is 0 Å². The number of hydrogen-bond acceptors (Lipinski definition) is 3. The molecule has 0 atom stereocenters.